The van der Waals surface area contributed by atoms with Crippen molar-refractivity contribution in [3.63, 3.8) is 0 Å². The summed E-state index contributed by atoms with van der Waals surface area (Å²) in [5.74, 6) is 0. The SMILES string of the molecule is [C-]#[N+]c1cnc(C)c(Br)c1. The van der Waals surface area contributed by atoms with Gasteiger partial charge in [-0.2, -0.15) is 0 Å². The molecule has 0 aliphatic carbocycles. The van der Waals surface area contributed by atoms with Crippen LogP contribution in [0.25, 0.3) is 4.85 Å². The molecule has 50 valence electrons. The highest BCUT2D eigenvalue weighted by molar-refractivity contribution is 9.10. The van der Waals surface area contributed by atoms with Gasteiger partial charge in [0.2, 0.25) is 5.69 Å². The Labute approximate surface area is 67.9 Å². The van der Waals surface area contributed by atoms with Crippen molar-refractivity contribution in [1.82, 2.24) is 4.98 Å². The van der Waals surface area contributed by atoms with Crippen LogP contribution in [-0.2, 0) is 0 Å². The van der Waals surface area contributed by atoms with Gasteiger partial charge in [-0.1, -0.05) is 15.9 Å². The lowest BCUT2D eigenvalue weighted by atomic mass is 10.3. The molecule has 0 N–H and O–H groups in total. The van der Waals surface area contributed by atoms with Gasteiger partial charge >= 0.3 is 0 Å². The van der Waals surface area contributed by atoms with Crippen LogP contribution in [0.15, 0.2) is 16.7 Å². The molecule has 1 rings (SSSR count). The molecule has 0 fully saturated rings. The number of aromatic nitrogens is 1. The van der Waals surface area contributed by atoms with E-state index >= 15 is 0 Å². The van der Waals surface area contributed by atoms with Crippen LogP contribution in [0.1, 0.15) is 5.69 Å². The Hall–Kier alpha value is -0.880. The van der Waals surface area contributed by atoms with E-state index < -0.39 is 0 Å². The Bertz CT molecular complexity index is 288. The van der Waals surface area contributed by atoms with Crippen LogP contribution in [0.2, 0.25) is 0 Å². The third kappa shape index (κ3) is 1.34. The summed E-state index contributed by atoms with van der Waals surface area (Å²) >= 11 is 3.28. The smallest absolute Gasteiger partial charge is 0.206 e. The van der Waals surface area contributed by atoms with E-state index in [2.05, 4.69) is 25.8 Å². The quantitative estimate of drug-likeness (QED) is 0.584. The molecule has 3 heteroatoms. The highest BCUT2D eigenvalue weighted by Gasteiger charge is 1.95. The number of pyridine rings is 1. The van der Waals surface area contributed by atoms with Crippen molar-refractivity contribution in [2.45, 2.75) is 6.92 Å². The molecule has 0 unspecified atom stereocenters. The molecule has 0 bridgehead atoms. The maximum atomic E-state index is 6.68. The normalized spacial score (nSPS) is 8.90. The minimum atomic E-state index is 0.567. The standard InChI is InChI=1S/C7H5BrN2/c1-5-7(8)3-6(9-2)4-10-5/h3-4H,1H3. The summed E-state index contributed by atoms with van der Waals surface area (Å²) in [4.78, 5) is 7.22. The summed E-state index contributed by atoms with van der Waals surface area (Å²) in [5.41, 5.74) is 1.48. The molecule has 1 aromatic rings. The average molecular weight is 197 g/mol. The fraction of sp³-hybridized carbons (Fsp3) is 0.143. The van der Waals surface area contributed by atoms with E-state index in [1.807, 2.05) is 6.92 Å². The summed E-state index contributed by atoms with van der Waals surface area (Å²) in [7, 11) is 0. The largest absolute Gasteiger partial charge is 0.272 e. The van der Waals surface area contributed by atoms with Gasteiger partial charge < -0.3 is 0 Å². The Morgan fingerprint density at radius 2 is 2.40 bits per heavy atom. The second-order valence-corrected chi connectivity index (χ2v) is 2.73. The molecule has 1 heterocycles. The van der Waals surface area contributed by atoms with E-state index in [1.54, 1.807) is 12.3 Å². The van der Waals surface area contributed by atoms with Crippen molar-refractivity contribution in [2.75, 3.05) is 0 Å². The van der Waals surface area contributed by atoms with Crippen LogP contribution in [-0.4, -0.2) is 4.98 Å². The minimum Gasteiger partial charge on any atom is -0.272 e. The monoisotopic (exact) mass is 196 g/mol. The van der Waals surface area contributed by atoms with Gasteiger partial charge in [-0.25, -0.2) is 4.85 Å². The Morgan fingerprint density at radius 1 is 1.70 bits per heavy atom. The number of hydrogen-bond acceptors (Lipinski definition) is 1. The summed E-state index contributed by atoms with van der Waals surface area (Å²) in [6.07, 6.45) is 1.56. The predicted molar refractivity (Wildman–Crippen MR) is 42.9 cm³/mol. The summed E-state index contributed by atoms with van der Waals surface area (Å²) in [6.45, 7) is 8.56. The van der Waals surface area contributed by atoms with Gasteiger partial charge in [0.1, 0.15) is 0 Å². The first-order valence-electron chi connectivity index (χ1n) is 2.73. The van der Waals surface area contributed by atoms with Gasteiger partial charge in [0.15, 0.2) is 0 Å². The molecule has 0 aromatic carbocycles. The molecule has 0 amide bonds. The zero-order valence-corrected chi connectivity index (χ0v) is 7.01. The molecule has 0 spiro atoms. The summed E-state index contributed by atoms with van der Waals surface area (Å²) in [5, 5.41) is 0. The van der Waals surface area contributed by atoms with Crippen molar-refractivity contribution in [3.8, 4) is 0 Å². The van der Waals surface area contributed by atoms with Crippen molar-refractivity contribution in [1.29, 1.82) is 0 Å². The van der Waals surface area contributed by atoms with Crippen molar-refractivity contribution in [2.24, 2.45) is 0 Å². The Balaban J connectivity index is 3.20. The molecule has 10 heavy (non-hydrogen) atoms. The van der Waals surface area contributed by atoms with E-state index in [9.17, 15) is 0 Å². The minimum absolute atomic E-state index is 0.567. The average Bonchev–Trinajstić information content (AvgIpc) is 1.95. The molecule has 0 aliphatic rings. The summed E-state index contributed by atoms with van der Waals surface area (Å²) in [6, 6.07) is 1.76. The van der Waals surface area contributed by atoms with Gasteiger partial charge in [0, 0.05) is 16.4 Å². The fourth-order valence-corrected chi connectivity index (χ4v) is 0.894. The second kappa shape index (κ2) is 2.80. The molecule has 0 radical (unpaired) electrons. The zero-order valence-electron chi connectivity index (χ0n) is 5.43. The lowest BCUT2D eigenvalue weighted by Crippen LogP contribution is -1.79. The third-order valence-corrected chi connectivity index (χ3v) is 1.94. The van der Waals surface area contributed by atoms with Crippen LogP contribution in [0.3, 0.4) is 0 Å². The molecule has 0 saturated carbocycles. The topological polar surface area (TPSA) is 17.2 Å². The summed E-state index contributed by atoms with van der Waals surface area (Å²) < 4.78 is 0.890. The maximum Gasteiger partial charge on any atom is 0.206 e. The number of nitrogens with zero attached hydrogens (tertiary/aromatic N) is 2. The van der Waals surface area contributed by atoms with Crippen molar-refractivity contribution >= 4 is 21.6 Å². The third-order valence-electron chi connectivity index (χ3n) is 1.14. The highest BCUT2D eigenvalue weighted by Crippen LogP contribution is 2.19. The van der Waals surface area contributed by atoms with E-state index in [0.717, 1.165) is 10.2 Å². The van der Waals surface area contributed by atoms with Crippen LogP contribution >= 0.6 is 15.9 Å². The predicted octanol–water partition coefficient (Wildman–Crippen LogP) is 2.70. The number of aryl methyl sites for hydroxylation is 1. The first-order chi connectivity index (χ1) is 4.74. The molecular formula is C7H5BrN2. The Kier molecular flexibility index (Phi) is 2.03. The number of hydrogen-bond donors (Lipinski definition) is 0. The molecule has 1 aromatic heterocycles. The molecule has 0 atom stereocenters. The Morgan fingerprint density at radius 3 is 2.90 bits per heavy atom. The van der Waals surface area contributed by atoms with Gasteiger partial charge in [-0.15, -0.1) is 0 Å². The van der Waals surface area contributed by atoms with Gasteiger partial charge in [0.05, 0.1) is 6.57 Å². The lowest BCUT2D eigenvalue weighted by Gasteiger charge is -1.94. The zero-order chi connectivity index (χ0) is 7.56. The number of rotatable bonds is 0. The molecule has 0 saturated heterocycles. The van der Waals surface area contributed by atoms with E-state index in [1.165, 1.54) is 0 Å². The maximum absolute atomic E-state index is 6.68. The van der Waals surface area contributed by atoms with Gasteiger partial charge in [0.25, 0.3) is 0 Å². The van der Waals surface area contributed by atoms with E-state index in [-0.39, 0.29) is 0 Å². The number of halogens is 1. The molecular weight excluding hydrogens is 192 g/mol. The molecule has 0 aliphatic heterocycles. The lowest BCUT2D eigenvalue weighted by molar-refractivity contribution is 1.19. The van der Waals surface area contributed by atoms with Crippen molar-refractivity contribution < 1.29 is 0 Å². The van der Waals surface area contributed by atoms with E-state index in [0.29, 0.717) is 5.69 Å². The van der Waals surface area contributed by atoms with Crippen LogP contribution in [0, 0.1) is 13.5 Å². The van der Waals surface area contributed by atoms with Crippen LogP contribution in [0.5, 0.6) is 0 Å². The van der Waals surface area contributed by atoms with Gasteiger partial charge in [-0.3, -0.25) is 4.98 Å². The van der Waals surface area contributed by atoms with Crippen molar-refractivity contribution in [3.05, 3.63) is 33.8 Å². The fourth-order valence-electron chi connectivity index (χ4n) is 0.557. The van der Waals surface area contributed by atoms with Crippen LogP contribution in [0.4, 0.5) is 5.69 Å². The highest BCUT2D eigenvalue weighted by atomic mass is 79.9. The second-order valence-electron chi connectivity index (χ2n) is 1.87. The van der Waals surface area contributed by atoms with Gasteiger partial charge in [-0.05, 0) is 13.0 Å². The molecule has 2 nitrogen and oxygen atoms in total. The van der Waals surface area contributed by atoms with Crippen LogP contribution < -0.4 is 0 Å². The first kappa shape index (κ1) is 7.23. The van der Waals surface area contributed by atoms with E-state index in [4.69, 9.17) is 6.57 Å². The first-order valence-corrected chi connectivity index (χ1v) is 3.53.